The molecule has 0 N–H and O–H groups in total. The van der Waals surface area contributed by atoms with Crippen molar-refractivity contribution in [2.45, 2.75) is 12.5 Å². The summed E-state index contributed by atoms with van der Waals surface area (Å²) in [4.78, 5) is 0. The van der Waals surface area contributed by atoms with Crippen LogP contribution in [0.25, 0.3) is 0 Å². The van der Waals surface area contributed by atoms with E-state index in [4.69, 9.17) is 5.10 Å². The van der Waals surface area contributed by atoms with Crippen LogP contribution in [0.3, 0.4) is 0 Å². The summed E-state index contributed by atoms with van der Waals surface area (Å²) in [5.74, 6) is -0.204. The third-order valence-corrected chi connectivity index (χ3v) is 5.45. The van der Waals surface area contributed by atoms with E-state index >= 15 is 0 Å². The molecule has 1 unspecified atom stereocenters. The predicted molar refractivity (Wildman–Crippen MR) is 111 cm³/mol. The molecule has 4 rings (SSSR count). The third kappa shape index (κ3) is 3.46. The molecule has 0 bridgehead atoms. The van der Waals surface area contributed by atoms with Gasteiger partial charge in [0, 0.05) is 20.9 Å². The number of halogens is 3. The van der Waals surface area contributed by atoms with Crippen molar-refractivity contribution in [1.82, 2.24) is 0 Å². The quantitative estimate of drug-likeness (QED) is 0.412. The van der Waals surface area contributed by atoms with Gasteiger partial charge in [0.1, 0.15) is 5.82 Å². The van der Waals surface area contributed by atoms with Crippen molar-refractivity contribution >= 4 is 43.3 Å². The average molecular weight is 474 g/mol. The molecule has 0 fully saturated rings. The molecule has 0 aliphatic carbocycles. The number of benzene rings is 3. The summed E-state index contributed by atoms with van der Waals surface area (Å²) in [6, 6.07) is 22.7. The van der Waals surface area contributed by atoms with Gasteiger partial charge in [-0.3, -0.25) is 5.01 Å². The summed E-state index contributed by atoms with van der Waals surface area (Å²) in [5.41, 5.74) is 3.58. The molecule has 1 atom stereocenters. The van der Waals surface area contributed by atoms with Gasteiger partial charge in [0.05, 0.1) is 17.4 Å². The lowest BCUT2D eigenvalue weighted by atomic mass is 9.98. The van der Waals surface area contributed by atoms with E-state index < -0.39 is 0 Å². The highest BCUT2D eigenvalue weighted by atomic mass is 79.9. The van der Waals surface area contributed by atoms with Crippen molar-refractivity contribution in [2.75, 3.05) is 5.01 Å². The maximum atomic E-state index is 14.5. The Kier molecular flexibility index (Phi) is 4.92. The highest BCUT2D eigenvalue weighted by Crippen LogP contribution is 2.38. The van der Waals surface area contributed by atoms with Crippen LogP contribution in [0.2, 0.25) is 0 Å². The predicted octanol–water partition coefficient (Wildman–Crippen LogP) is 6.71. The van der Waals surface area contributed by atoms with Gasteiger partial charge in [-0.2, -0.15) is 5.10 Å². The Bertz CT molecular complexity index is 970. The van der Waals surface area contributed by atoms with Crippen LogP contribution in [0.5, 0.6) is 0 Å². The summed E-state index contributed by atoms with van der Waals surface area (Å²) in [7, 11) is 0. The Morgan fingerprint density at radius 2 is 1.65 bits per heavy atom. The third-order valence-electron chi connectivity index (χ3n) is 4.42. The molecule has 3 aromatic carbocycles. The molecule has 3 aromatic rings. The molecule has 5 heteroatoms. The van der Waals surface area contributed by atoms with E-state index in [1.165, 1.54) is 6.07 Å². The molecule has 130 valence electrons. The Hall–Kier alpha value is -1.98. The summed E-state index contributed by atoms with van der Waals surface area (Å²) >= 11 is 6.98. The van der Waals surface area contributed by atoms with Crippen LogP contribution >= 0.6 is 31.9 Å². The fourth-order valence-corrected chi connectivity index (χ4v) is 3.82. The van der Waals surface area contributed by atoms with E-state index in [9.17, 15) is 4.39 Å². The second-order valence-corrected chi connectivity index (χ2v) is 7.95. The molecule has 0 spiro atoms. The summed E-state index contributed by atoms with van der Waals surface area (Å²) < 4.78 is 16.5. The van der Waals surface area contributed by atoms with Gasteiger partial charge in [0.2, 0.25) is 0 Å². The lowest BCUT2D eigenvalue weighted by molar-refractivity contribution is 0.579. The summed E-state index contributed by atoms with van der Waals surface area (Å²) in [6.45, 7) is 0. The first-order chi connectivity index (χ1) is 12.6. The van der Waals surface area contributed by atoms with E-state index in [0.29, 0.717) is 12.0 Å². The molecular weight excluding hydrogens is 459 g/mol. The molecule has 0 aromatic heterocycles. The SMILES string of the molecule is Fc1ccccc1C1CC(c2ccc(Br)cc2)=NN1c1cccc(Br)c1. The van der Waals surface area contributed by atoms with Gasteiger partial charge < -0.3 is 0 Å². The van der Waals surface area contributed by atoms with E-state index in [1.54, 1.807) is 6.07 Å². The van der Waals surface area contributed by atoms with Crippen molar-refractivity contribution in [3.05, 3.63) is 98.7 Å². The van der Waals surface area contributed by atoms with Crippen LogP contribution < -0.4 is 5.01 Å². The molecule has 0 saturated heterocycles. The number of rotatable bonds is 3. The number of hydrazone groups is 1. The molecule has 1 aliphatic rings. The monoisotopic (exact) mass is 472 g/mol. The van der Waals surface area contributed by atoms with Gasteiger partial charge >= 0.3 is 0 Å². The maximum Gasteiger partial charge on any atom is 0.128 e. The van der Waals surface area contributed by atoms with E-state index in [-0.39, 0.29) is 11.9 Å². The van der Waals surface area contributed by atoms with Gasteiger partial charge in [-0.1, -0.05) is 68.3 Å². The first-order valence-corrected chi connectivity index (χ1v) is 9.83. The average Bonchev–Trinajstić information content (AvgIpc) is 3.08. The van der Waals surface area contributed by atoms with E-state index in [2.05, 4.69) is 31.9 Å². The fourth-order valence-electron chi connectivity index (χ4n) is 3.17. The van der Waals surface area contributed by atoms with E-state index in [1.807, 2.05) is 65.7 Å². The van der Waals surface area contributed by atoms with Crippen molar-refractivity contribution in [3.8, 4) is 0 Å². The Balaban J connectivity index is 1.78. The largest absolute Gasteiger partial charge is 0.257 e. The zero-order valence-corrected chi connectivity index (χ0v) is 16.9. The molecule has 1 aliphatic heterocycles. The highest BCUT2D eigenvalue weighted by molar-refractivity contribution is 9.10. The van der Waals surface area contributed by atoms with Crippen molar-refractivity contribution < 1.29 is 4.39 Å². The first kappa shape index (κ1) is 17.4. The summed E-state index contributed by atoms with van der Waals surface area (Å²) in [5, 5.41) is 6.76. The Morgan fingerprint density at radius 3 is 2.38 bits per heavy atom. The molecule has 2 nitrogen and oxygen atoms in total. The molecule has 0 amide bonds. The molecule has 0 saturated carbocycles. The lowest BCUT2D eigenvalue weighted by Gasteiger charge is -2.24. The normalized spacial score (nSPS) is 16.7. The summed E-state index contributed by atoms with van der Waals surface area (Å²) in [6.07, 6.45) is 0.648. The fraction of sp³-hybridized carbons (Fsp3) is 0.0952. The van der Waals surface area contributed by atoms with Crippen LogP contribution in [0, 0.1) is 5.82 Å². The molecule has 0 radical (unpaired) electrons. The van der Waals surface area contributed by atoms with Crippen LogP contribution in [0.1, 0.15) is 23.6 Å². The minimum absolute atomic E-state index is 0.177. The smallest absolute Gasteiger partial charge is 0.128 e. The van der Waals surface area contributed by atoms with Crippen LogP contribution in [-0.2, 0) is 0 Å². The second-order valence-electron chi connectivity index (χ2n) is 6.12. The van der Waals surface area contributed by atoms with Crippen molar-refractivity contribution in [3.63, 3.8) is 0 Å². The van der Waals surface area contributed by atoms with Crippen LogP contribution in [0.4, 0.5) is 10.1 Å². The minimum atomic E-state index is -0.204. The van der Waals surface area contributed by atoms with Gasteiger partial charge in [-0.05, 0) is 42.0 Å². The first-order valence-electron chi connectivity index (χ1n) is 8.24. The zero-order chi connectivity index (χ0) is 18.1. The minimum Gasteiger partial charge on any atom is -0.257 e. The topological polar surface area (TPSA) is 15.6 Å². The van der Waals surface area contributed by atoms with Gasteiger partial charge in [0.15, 0.2) is 0 Å². The standard InChI is InChI=1S/C21H15Br2FN2/c22-15-10-8-14(9-11-15)20-13-21(18-6-1-2-7-19(18)24)26(25-20)17-5-3-4-16(23)12-17/h1-12,21H,13H2. The van der Waals surface area contributed by atoms with Gasteiger partial charge in [-0.15, -0.1) is 0 Å². The number of hydrogen-bond donors (Lipinski definition) is 0. The molecule has 1 heterocycles. The Labute approximate surface area is 168 Å². The van der Waals surface area contributed by atoms with E-state index in [0.717, 1.165) is 25.9 Å². The van der Waals surface area contributed by atoms with Crippen LogP contribution in [-0.4, -0.2) is 5.71 Å². The Morgan fingerprint density at radius 1 is 0.885 bits per heavy atom. The number of nitrogens with zero attached hydrogens (tertiary/aromatic N) is 2. The van der Waals surface area contributed by atoms with Gasteiger partial charge in [-0.25, -0.2) is 4.39 Å². The zero-order valence-electron chi connectivity index (χ0n) is 13.7. The van der Waals surface area contributed by atoms with Crippen LogP contribution in [0.15, 0.2) is 86.8 Å². The molecular formula is C21H15Br2FN2. The molecule has 26 heavy (non-hydrogen) atoms. The van der Waals surface area contributed by atoms with Crippen molar-refractivity contribution in [2.24, 2.45) is 5.10 Å². The van der Waals surface area contributed by atoms with Gasteiger partial charge in [0.25, 0.3) is 0 Å². The highest BCUT2D eigenvalue weighted by Gasteiger charge is 2.31. The number of hydrogen-bond acceptors (Lipinski definition) is 2. The van der Waals surface area contributed by atoms with Crippen molar-refractivity contribution in [1.29, 1.82) is 0 Å². The number of anilines is 1. The second kappa shape index (κ2) is 7.33. The lowest BCUT2D eigenvalue weighted by Crippen LogP contribution is -2.19. The maximum absolute atomic E-state index is 14.5.